The minimum atomic E-state index is -0.164. The number of hydrogen-bond donors (Lipinski definition) is 0. The average Bonchev–Trinajstić information content (AvgIpc) is 3.85. The quantitative estimate of drug-likeness (QED) is 0.169. The molecule has 2 heterocycles. The van der Waals surface area contributed by atoms with Gasteiger partial charge in [-0.3, -0.25) is 0 Å². The number of nitriles is 2. The molecule has 7 aromatic carbocycles. The van der Waals surface area contributed by atoms with E-state index in [1.807, 2.05) is 24.3 Å². The third kappa shape index (κ3) is 5.80. The Morgan fingerprint density at radius 1 is 0.525 bits per heavy atom. The number of benzene rings is 7. The Labute approximate surface area is 355 Å². The Hall–Kier alpha value is -7.92. The van der Waals surface area contributed by atoms with Gasteiger partial charge in [-0.2, -0.15) is 10.5 Å². The van der Waals surface area contributed by atoms with Crippen LogP contribution in [-0.4, -0.2) is 9.13 Å². The van der Waals surface area contributed by atoms with Gasteiger partial charge in [-0.1, -0.05) is 146 Å². The van der Waals surface area contributed by atoms with Crippen molar-refractivity contribution in [1.29, 1.82) is 10.5 Å². The Balaban J connectivity index is 1.19. The van der Waals surface area contributed by atoms with Gasteiger partial charge in [0.2, 0.25) is 0 Å². The van der Waals surface area contributed by atoms with Gasteiger partial charge in [-0.25, -0.2) is 0 Å². The number of rotatable bonds is 6. The molecule has 0 spiro atoms. The van der Waals surface area contributed by atoms with Crippen LogP contribution in [0.25, 0.3) is 89.8 Å². The largest absolute Gasteiger partial charge is 0.310 e. The van der Waals surface area contributed by atoms with Gasteiger partial charge in [0.15, 0.2) is 0 Å². The van der Waals surface area contributed by atoms with Crippen LogP contribution in [0, 0.1) is 28.6 Å². The molecule has 0 bridgehead atoms. The van der Waals surface area contributed by atoms with Crippen molar-refractivity contribution in [2.75, 3.05) is 0 Å². The lowest BCUT2D eigenvalue weighted by Crippen LogP contribution is -2.12. The van der Waals surface area contributed by atoms with E-state index in [0.29, 0.717) is 5.56 Å². The summed E-state index contributed by atoms with van der Waals surface area (Å²) in [6, 6.07) is 63.1. The van der Waals surface area contributed by atoms with Crippen molar-refractivity contribution in [3.05, 3.63) is 204 Å². The van der Waals surface area contributed by atoms with Crippen LogP contribution in [0.5, 0.6) is 0 Å². The Morgan fingerprint density at radius 2 is 1.03 bits per heavy atom. The van der Waals surface area contributed by atoms with Gasteiger partial charge in [0.05, 0.1) is 34.7 Å². The molecule has 2 aromatic heterocycles. The molecule has 4 heteroatoms. The average molecular weight is 781 g/mol. The monoisotopic (exact) mass is 780 g/mol. The van der Waals surface area contributed by atoms with Crippen molar-refractivity contribution in [3.8, 4) is 68.0 Å². The SMILES string of the molecule is CC1c2c3c(n(-c4cc(-c5ccccc5-c5ccccc5-c5ccccc5-c5ccccc5C#N)cc(-n5c6ccccc6c6ccccc65)c4)c2C=CC1C#N)C=CCC3. The first-order valence-electron chi connectivity index (χ1n) is 21.1. The van der Waals surface area contributed by atoms with Crippen molar-refractivity contribution in [2.45, 2.75) is 25.7 Å². The maximum absolute atomic E-state index is 10.2. The predicted molar refractivity (Wildman–Crippen MR) is 250 cm³/mol. The molecule has 2 aliphatic carbocycles. The standard InChI is InChI=1S/C57H40N4/c1-37-38(35-58)30-31-56-57(37)52-26-12-15-29-55(52)61(56)42-33-40(32-41(34-42)60-53-27-13-10-24-50(53)51-25-11-14-28-54(51)60)44-18-4-5-20-46(44)48-22-8-9-23-49(48)47-21-7-6-19-45(47)43-17-3-2-16-39(43)36-59/h2-11,13-25,27-34,37-38H,12,26H2,1H3. The van der Waals surface area contributed by atoms with Crippen molar-refractivity contribution < 1.29 is 0 Å². The summed E-state index contributed by atoms with van der Waals surface area (Å²) < 4.78 is 4.86. The Bertz CT molecular complexity index is 3320. The molecule has 2 aliphatic rings. The molecule has 9 aromatic rings. The Morgan fingerprint density at radius 3 is 1.64 bits per heavy atom. The van der Waals surface area contributed by atoms with Gasteiger partial charge >= 0.3 is 0 Å². The summed E-state index contributed by atoms with van der Waals surface area (Å²) in [5.74, 6) is -0.0740. The maximum atomic E-state index is 10.2. The minimum absolute atomic E-state index is 0.0896. The third-order valence-electron chi connectivity index (χ3n) is 12.8. The van der Waals surface area contributed by atoms with Crippen molar-refractivity contribution in [1.82, 2.24) is 9.13 Å². The summed E-state index contributed by atoms with van der Waals surface area (Å²) >= 11 is 0. The van der Waals surface area contributed by atoms with Crippen LogP contribution in [0.2, 0.25) is 0 Å². The fourth-order valence-corrected chi connectivity index (χ4v) is 10.1. The molecular formula is C57H40N4. The van der Waals surface area contributed by atoms with Crippen LogP contribution < -0.4 is 0 Å². The molecule has 4 nitrogen and oxygen atoms in total. The summed E-state index contributed by atoms with van der Waals surface area (Å²) in [5, 5.41) is 22.7. The minimum Gasteiger partial charge on any atom is -0.310 e. The van der Waals surface area contributed by atoms with Gasteiger partial charge in [-0.05, 0) is 111 Å². The van der Waals surface area contributed by atoms with Crippen LogP contribution in [0.15, 0.2) is 176 Å². The molecular weight excluding hydrogens is 741 g/mol. The lowest BCUT2D eigenvalue weighted by atomic mass is 9.80. The fraction of sp³-hybridized carbons (Fsp3) is 0.0877. The summed E-state index contributed by atoms with van der Waals surface area (Å²) in [6.07, 6.45) is 10.8. The van der Waals surface area contributed by atoms with Gasteiger partial charge in [0.1, 0.15) is 0 Å². The summed E-state index contributed by atoms with van der Waals surface area (Å²) in [7, 11) is 0. The van der Waals surface area contributed by atoms with E-state index >= 15 is 0 Å². The molecule has 0 amide bonds. The first kappa shape index (κ1) is 36.2. The summed E-state index contributed by atoms with van der Waals surface area (Å²) in [4.78, 5) is 0. The molecule has 61 heavy (non-hydrogen) atoms. The highest BCUT2D eigenvalue weighted by molar-refractivity contribution is 6.09. The number of nitrogens with zero attached hydrogens (tertiary/aromatic N) is 4. The van der Waals surface area contributed by atoms with Gasteiger partial charge in [0.25, 0.3) is 0 Å². The van der Waals surface area contributed by atoms with Crippen molar-refractivity contribution in [3.63, 3.8) is 0 Å². The second-order valence-electron chi connectivity index (χ2n) is 16.1. The molecule has 0 aliphatic heterocycles. The number of fused-ring (bicyclic) bond motifs is 6. The fourth-order valence-electron chi connectivity index (χ4n) is 10.1. The lowest BCUT2D eigenvalue weighted by molar-refractivity contribution is 0.643. The molecule has 0 saturated carbocycles. The zero-order chi connectivity index (χ0) is 41.0. The van der Waals surface area contributed by atoms with Crippen LogP contribution in [0.3, 0.4) is 0 Å². The van der Waals surface area contributed by atoms with E-state index in [1.165, 1.54) is 27.6 Å². The number of aromatic nitrogens is 2. The van der Waals surface area contributed by atoms with E-state index in [1.54, 1.807) is 0 Å². The van der Waals surface area contributed by atoms with Crippen LogP contribution in [0.4, 0.5) is 0 Å². The number of allylic oxidation sites excluding steroid dienone is 2. The van der Waals surface area contributed by atoms with Gasteiger partial charge < -0.3 is 9.13 Å². The van der Waals surface area contributed by atoms with Crippen molar-refractivity contribution in [2.24, 2.45) is 5.92 Å². The third-order valence-corrected chi connectivity index (χ3v) is 12.8. The van der Waals surface area contributed by atoms with E-state index in [9.17, 15) is 10.5 Å². The predicted octanol–water partition coefficient (Wildman–Crippen LogP) is 14.3. The van der Waals surface area contributed by atoms with Gasteiger partial charge in [0, 0.05) is 45.0 Å². The molecule has 11 rings (SSSR count). The smallest absolute Gasteiger partial charge is 0.0998 e. The molecule has 2 atom stereocenters. The van der Waals surface area contributed by atoms with Crippen LogP contribution >= 0.6 is 0 Å². The van der Waals surface area contributed by atoms with E-state index in [0.717, 1.165) is 85.5 Å². The second-order valence-corrected chi connectivity index (χ2v) is 16.1. The van der Waals surface area contributed by atoms with E-state index in [4.69, 9.17) is 0 Å². The van der Waals surface area contributed by atoms with Crippen LogP contribution in [0.1, 0.15) is 47.3 Å². The number of hydrogen-bond acceptors (Lipinski definition) is 2. The van der Waals surface area contributed by atoms with Crippen LogP contribution in [-0.2, 0) is 6.42 Å². The molecule has 288 valence electrons. The summed E-state index contributed by atoms with van der Waals surface area (Å²) in [5.41, 5.74) is 18.7. The highest BCUT2D eigenvalue weighted by Crippen LogP contribution is 2.46. The van der Waals surface area contributed by atoms with E-state index in [2.05, 4.69) is 192 Å². The van der Waals surface area contributed by atoms with E-state index in [-0.39, 0.29) is 11.8 Å². The lowest BCUT2D eigenvalue weighted by Gasteiger charge is -2.22. The zero-order valence-corrected chi connectivity index (χ0v) is 33.8. The first-order valence-corrected chi connectivity index (χ1v) is 21.1. The number of para-hydroxylation sites is 2. The van der Waals surface area contributed by atoms with E-state index < -0.39 is 0 Å². The summed E-state index contributed by atoms with van der Waals surface area (Å²) in [6.45, 7) is 2.21. The second kappa shape index (κ2) is 14.7. The topological polar surface area (TPSA) is 57.4 Å². The zero-order valence-electron chi connectivity index (χ0n) is 33.8. The normalized spacial score (nSPS) is 15.3. The molecule has 0 saturated heterocycles. The molecule has 2 unspecified atom stereocenters. The maximum Gasteiger partial charge on any atom is 0.0998 e. The molecule has 0 radical (unpaired) electrons. The highest BCUT2D eigenvalue weighted by Gasteiger charge is 2.32. The van der Waals surface area contributed by atoms with Gasteiger partial charge in [-0.15, -0.1) is 0 Å². The molecule has 0 N–H and O–H groups in total. The van der Waals surface area contributed by atoms with Crippen molar-refractivity contribution >= 4 is 34.0 Å². The highest BCUT2D eigenvalue weighted by atomic mass is 15.0. The first-order chi connectivity index (χ1) is 30.1. The molecule has 0 fully saturated rings. The Kier molecular flexibility index (Phi) is 8.73.